The van der Waals surface area contributed by atoms with E-state index in [1.807, 2.05) is 36.4 Å². The van der Waals surface area contributed by atoms with Crippen LogP contribution in [0.1, 0.15) is 97.0 Å². The molecule has 0 radical (unpaired) electrons. The molecule has 0 saturated carbocycles. The van der Waals surface area contributed by atoms with Crippen LogP contribution in [0.5, 0.6) is 17.2 Å². The molecule has 0 spiro atoms. The van der Waals surface area contributed by atoms with Crippen molar-refractivity contribution < 1.29 is 14.6 Å². The van der Waals surface area contributed by atoms with Gasteiger partial charge < -0.3 is 14.6 Å². The highest BCUT2D eigenvalue weighted by Gasteiger charge is 2.03. The Morgan fingerprint density at radius 2 is 1.41 bits per heavy atom. The average Bonchev–Trinajstić information content (AvgIpc) is 2.86. The molecule has 0 fully saturated rings. The van der Waals surface area contributed by atoms with E-state index < -0.39 is 0 Å². The first-order chi connectivity index (χ1) is 16.6. The molecule has 1 N–H and O–H groups in total. The molecule has 0 heterocycles. The molecule has 2 rings (SSSR count). The van der Waals surface area contributed by atoms with Crippen molar-refractivity contribution in [1.82, 2.24) is 0 Å². The lowest BCUT2D eigenvalue weighted by molar-refractivity contribution is 0.256. The van der Waals surface area contributed by atoms with E-state index in [4.69, 9.17) is 9.47 Å². The standard InChI is InChI=1S/C30H45NO3/c1-4-6-7-8-9-10-11-12-13-14-21-33-29-18-15-26(30(32)22-29)23-31-27-16-19-28(20-17-27)34-24-25(3)5-2/h15-20,22-23,25,32H,4-14,21,24H2,1-3H3/t25-/m0/s1. The van der Waals surface area contributed by atoms with Crippen LogP contribution in [0.3, 0.4) is 0 Å². The largest absolute Gasteiger partial charge is 0.507 e. The third-order valence-corrected chi connectivity index (χ3v) is 6.19. The minimum atomic E-state index is 0.179. The summed E-state index contributed by atoms with van der Waals surface area (Å²) in [6.07, 6.45) is 15.9. The second-order valence-electron chi connectivity index (χ2n) is 9.33. The first-order valence-electron chi connectivity index (χ1n) is 13.3. The Kier molecular flexibility index (Phi) is 13.9. The molecule has 4 heteroatoms. The van der Waals surface area contributed by atoms with Crippen LogP contribution in [-0.4, -0.2) is 24.5 Å². The average molecular weight is 468 g/mol. The number of phenolic OH excluding ortho intramolecular Hbond substituents is 1. The number of benzene rings is 2. The number of rotatable bonds is 18. The maximum absolute atomic E-state index is 10.3. The summed E-state index contributed by atoms with van der Waals surface area (Å²) in [6, 6.07) is 13.1. The van der Waals surface area contributed by atoms with Gasteiger partial charge in [-0.15, -0.1) is 0 Å². The van der Waals surface area contributed by atoms with Gasteiger partial charge in [-0.05, 0) is 48.7 Å². The van der Waals surface area contributed by atoms with Gasteiger partial charge in [0.25, 0.3) is 0 Å². The molecule has 34 heavy (non-hydrogen) atoms. The highest BCUT2D eigenvalue weighted by Crippen LogP contribution is 2.24. The van der Waals surface area contributed by atoms with Gasteiger partial charge in [0.1, 0.15) is 17.2 Å². The Labute approximate surface area is 207 Å². The van der Waals surface area contributed by atoms with Crippen molar-refractivity contribution in [2.75, 3.05) is 13.2 Å². The van der Waals surface area contributed by atoms with Crippen molar-refractivity contribution in [1.29, 1.82) is 0 Å². The summed E-state index contributed by atoms with van der Waals surface area (Å²) in [4.78, 5) is 4.47. The lowest BCUT2D eigenvalue weighted by Crippen LogP contribution is -2.06. The molecule has 0 aliphatic carbocycles. The summed E-state index contributed by atoms with van der Waals surface area (Å²) in [5, 5.41) is 10.3. The Balaban J connectivity index is 1.66. The Morgan fingerprint density at radius 3 is 2.03 bits per heavy atom. The molecular weight excluding hydrogens is 422 g/mol. The minimum Gasteiger partial charge on any atom is -0.507 e. The molecule has 0 bridgehead atoms. The summed E-state index contributed by atoms with van der Waals surface area (Å²) in [7, 11) is 0. The summed E-state index contributed by atoms with van der Waals surface area (Å²) >= 11 is 0. The van der Waals surface area contributed by atoms with Crippen molar-refractivity contribution in [3.05, 3.63) is 48.0 Å². The number of aromatic hydroxyl groups is 1. The van der Waals surface area contributed by atoms with Gasteiger partial charge in [0.2, 0.25) is 0 Å². The zero-order chi connectivity index (χ0) is 24.4. The lowest BCUT2D eigenvalue weighted by Gasteiger charge is -2.10. The molecule has 4 nitrogen and oxygen atoms in total. The van der Waals surface area contributed by atoms with Crippen molar-refractivity contribution in [3.63, 3.8) is 0 Å². The van der Waals surface area contributed by atoms with Gasteiger partial charge in [-0.1, -0.05) is 85.0 Å². The van der Waals surface area contributed by atoms with Crippen LogP contribution < -0.4 is 9.47 Å². The zero-order valence-corrected chi connectivity index (χ0v) is 21.6. The van der Waals surface area contributed by atoms with E-state index in [9.17, 15) is 5.11 Å². The summed E-state index contributed by atoms with van der Waals surface area (Å²) in [5.41, 5.74) is 1.49. The molecular formula is C30H45NO3. The second-order valence-corrected chi connectivity index (χ2v) is 9.33. The van der Waals surface area contributed by atoms with Crippen LogP contribution in [0.15, 0.2) is 47.5 Å². The lowest BCUT2D eigenvalue weighted by atomic mass is 10.1. The smallest absolute Gasteiger partial charge is 0.128 e. The molecule has 0 unspecified atom stereocenters. The molecule has 188 valence electrons. The zero-order valence-electron chi connectivity index (χ0n) is 21.6. The van der Waals surface area contributed by atoms with Crippen LogP contribution in [0.4, 0.5) is 5.69 Å². The molecule has 1 atom stereocenters. The SMILES string of the molecule is CCCCCCCCCCCCOc1ccc(C=Nc2ccc(OC[C@@H](C)CC)cc2)c(O)c1. The van der Waals surface area contributed by atoms with E-state index in [0.717, 1.165) is 30.9 Å². The van der Waals surface area contributed by atoms with Crippen LogP contribution in [0, 0.1) is 5.92 Å². The Hall–Kier alpha value is -2.49. The number of hydrogen-bond donors (Lipinski definition) is 1. The quantitative estimate of drug-likeness (QED) is 0.176. The number of ether oxygens (including phenoxy) is 2. The van der Waals surface area contributed by atoms with Crippen LogP contribution >= 0.6 is 0 Å². The van der Waals surface area contributed by atoms with Gasteiger partial charge in [0.05, 0.1) is 18.9 Å². The second kappa shape index (κ2) is 17.0. The number of phenols is 1. The number of unbranched alkanes of at least 4 members (excludes halogenated alkanes) is 9. The molecule has 2 aromatic rings. The fourth-order valence-corrected chi connectivity index (χ4v) is 3.63. The van der Waals surface area contributed by atoms with E-state index in [-0.39, 0.29) is 5.75 Å². The van der Waals surface area contributed by atoms with Gasteiger partial charge in [0, 0.05) is 17.8 Å². The predicted octanol–water partition coefficient (Wildman–Crippen LogP) is 8.87. The van der Waals surface area contributed by atoms with Gasteiger partial charge in [-0.25, -0.2) is 0 Å². The number of aliphatic imine (C=N–C) groups is 1. The van der Waals surface area contributed by atoms with Crippen LogP contribution in [-0.2, 0) is 0 Å². The van der Waals surface area contributed by atoms with Crippen molar-refractivity contribution in [2.45, 2.75) is 91.4 Å². The van der Waals surface area contributed by atoms with Gasteiger partial charge in [-0.2, -0.15) is 0 Å². The maximum Gasteiger partial charge on any atom is 0.128 e. The summed E-state index contributed by atoms with van der Waals surface area (Å²) < 4.78 is 11.6. The van der Waals surface area contributed by atoms with E-state index in [1.165, 1.54) is 57.8 Å². The Morgan fingerprint density at radius 1 is 0.794 bits per heavy atom. The molecule has 0 aromatic heterocycles. The van der Waals surface area contributed by atoms with Crippen molar-refractivity contribution >= 4 is 11.9 Å². The predicted molar refractivity (Wildman–Crippen MR) is 144 cm³/mol. The number of hydrogen-bond acceptors (Lipinski definition) is 4. The minimum absolute atomic E-state index is 0.179. The van der Waals surface area contributed by atoms with Crippen LogP contribution in [0.25, 0.3) is 0 Å². The van der Waals surface area contributed by atoms with E-state index in [1.54, 1.807) is 12.3 Å². The molecule has 0 aliphatic rings. The third kappa shape index (κ3) is 11.6. The van der Waals surface area contributed by atoms with Crippen LogP contribution in [0.2, 0.25) is 0 Å². The van der Waals surface area contributed by atoms with Gasteiger partial charge >= 0.3 is 0 Å². The first kappa shape index (κ1) is 27.8. The van der Waals surface area contributed by atoms with Crippen molar-refractivity contribution in [2.24, 2.45) is 10.9 Å². The maximum atomic E-state index is 10.3. The molecule has 0 saturated heterocycles. The Bertz CT molecular complexity index is 816. The van der Waals surface area contributed by atoms with E-state index in [0.29, 0.717) is 23.8 Å². The fourth-order valence-electron chi connectivity index (χ4n) is 3.63. The molecule has 0 amide bonds. The highest BCUT2D eigenvalue weighted by molar-refractivity contribution is 5.85. The molecule has 0 aliphatic heterocycles. The first-order valence-corrected chi connectivity index (χ1v) is 13.3. The normalized spacial score (nSPS) is 12.2. The summed E-state index contributed by atoms with van der Waals surface area (Å²) in [5.74, 6) is 2.28. The summed E-state index contributed by atoms with van der Waals surface area (Å²) in [6.45, 7) is 8.02. The monoisotopic (exact) mass is 467 g/mol. The topological polar surface area (TPSA) is 51.0 Å². The van der Waals surface area contributed by atoms with Gasteiger partial charge in [-0.3, -0.25) is 4.99 Å². The molecule has 2 aromatic carbocycles. The van der Waals surface area contributed by atoms with E-state index in [2.05, 4.69) is 25.8 Å². The highest BCUT2D eigenvalue weighted by atomic mass is 16.5. The fraction of sp³-hybridized carbons (Fsp3) is 0.567. The van der Waals surface area contributed by atoms with Crippen molar-refractivity contribution in [3.8, 4) is 17.2 Å². The third-order valence-electron chi connectivity index (χ3n) is 6.19. The number of nitrogens with zero attached hydrogens (tertiary/aromatic N) is 1. The van der Waals surface area contributed by atoms with Gasteiger partial charge in [0.15, 0.2) is 0 Å². The van der Waals surface area contributed by atoms with E-state index >= 15 is 0 Å².